The Morgan fingerprint density at radius 3 is 2.40 bits per heavy atom. The number of aromatic nitrogens is 2. The van der Waals surface area contributed by atoms with E-state index >= 15 is 4.39 Å². The summed E-state index contributed by atoms with van der Waals surface area (Å²) in [5.74, 6) is -4.25. The van der Waals surface area contributed by atoms with E-state index in [0.29, 0.717) is 16.5 Å². The lowest BCUT2D eigenvalue weighted by atomic mass is 10.0. The smallest absolute Gasteiger partial charge is 0.266 e. The first-order valence-electron chi connectivity index (χ1n) is 11.8. The molecule has 0 atom stereocenters. The van der Waals surface area contributed by atoms with Gasteiger partial charge in [-0.3, -0.25) is 14.2 Å². The summed E-state index contributed by atoms with van der Waals surface area (Å²) in [5, 5.41) is 3.18. The molecule has 11 heteroatoms. The van der Waals surface area contributed by atoms with Crippen LogP contribution < -0.4 is 5.32 Å². The van der Waals surface area contributed by atoms with E-state index in [-0.39, 0.29) is 44.4 Å². The molecule has 0 saturated carbocycles. The summed E-state index contributed by atoms with van der Waals surface area (Å²) < 4.78 is 45.5. The van der Waals surface area contributed by atoms with Crippen LogP contribution in [0.25, 0.3) is 11.0 Å². The number of nitrogens with one attached hydrogen (secondary N) is 1. The van der Waals surface area contributed by atoms with Gasteiger partial charge < -0.3 is 5.32 Å². The van der Waals surface area contributed by atoms with Gasteiger partial charge in [0.2, 0.25) is 5.78 Å². The largest absolute Gasteiger partial charge is 0.382 e. The number of rotatable bonds is 7. The maximum atomic E-state index is 15.6. The van der Waals surface area contributed by atoms with Crippen LogP contribution in [0.15, 0.2) is 77.5 Å². The van der Waals surface area contributed by atoms with E-state index in [2.05, 4.69) is 26.2 Å². The second-order valence-corrected chi connectivity index (χ2v) is 10.5. The number of anilines is 1. The van der Waals surface area contributed by atoms with Crippen LogP contribution in [0, 0.1) is 17.5 Å². The van der Waals surface area contributed by atoms with E-state index in [1.165, 1.54) is 42.6 Å². The highest BCUT2D eigenvalue weighted by molar-refractivity contribution is 9.10. The molecule has 0 aliphatic rings. The fourth-order valence-corrected chi connectivity index (χ4v) is 5.20. The van der Waals surface area contributed by atoms with Crippen LogP contribution in [0.1, 0.15) is 31.8 Å². The number of fused-ring (bicyclic) bond motifs is 1. The number of halogens is 6. The SMILES string of the molecule is O=C(c1c(F)ccc(NCCc2cccc(F)c2)c1F)c1cn(C(=O)c2c(Cl)cccc2Cl)c2ncc(Br)cc12. The molecule has 0 aliphatic heterocycles. The Labute approximate surface area is 244 Å². The van der Waals surface area contributed by atoms with Crippen LogP contribution in [-0.4, -0.2) is 27.8 Å². The number of hydrogen-bond donors (Lipinski definition) is 1. The third-order valence-corrected chi connectivity index (χ3v) is 7.25. The quantitative estimate of drug-likeness (QED) is 0.182. The lowest BCUT2D eigenvalue weighted by Crippen LogP contribution is -2.14. The maximum Gasteiger partial charge on any atom is 0.266 e. The highest BCUT2D eigenvalue weighted by Crippen LogP contribution is 2.32. The van der Waals surface area contributed by atoms with Crippen molar-refractivity contribution in [2.24, 2.45) is 0 Å². The summed E-state index contributed by atoms with van der Waals surface area (Å²) in [6.07, 6.45) is 2.94. The van der Waals surface area contributed by atoms with Crippen molar-refractivity contribution in [2.75, 3.05) is 11.9 Å². The predicted octanol–water partition coefficient (Wildman–Crippen LogP) is 8.10. The Bertz CT molecular complexity index is 1790. The van der Waals surface area contributed by atoms with Crippen LogP contribution >= 0.6 is 39.1 Å². The van der Waals surface area contributed by atoms with Crippen molar-refractivity contribution in [3.05, 3.63) is 127 Å². The molecule has 0 saturated heterocycles. The van der Waals surface area contributed by atoms with Gasteiger partial charge in [-0.25, -0.2) is 18.2 Å². The summed E-state index contributed by atoms with van der Waals surface area (Å²) in [7, 11) is 0. The van der Waals surface area contributed by atoms with E-state index in [1.807, 2.05) is 0 Å². The summed E-state index contributed by atoms with van der Waals surface area (Å²) in [4.78, 5) is 31.3. The molecule has 0 fully saturated rings. The highest BCUT2D eigenvalue weighted by Gasteiger charge is 2.28. The van der Waals surface area contributed by atoms with Gasteiger partial charge in [0.05, 0.1) is 32.4 Å². The van der Waals surface area contributed by atoms with E-state index in [1.54, 1.807) is 18.2 Å². The van der Waals surface area contributed by atoms with Crippen LogP contribution in [0.5, 0.6) is 0 Å². The van der Waals surface area contributed by atoms with Gasteiger partial charge in [0.1, 0.15) is 17.3 Å². The second kappa shape index (κ2) is 11.4. The Morgan fingerprint density at radius 1 is 0.950 bits per heavy atom. The maximum absolute atomic E-state index is 15.6. The molecule has 0 unspecified atom stereocenters. The van der Waals surface area contributed by atoms with E-state index in [9.17, 15) is 18.4 Å². The van der Waals surface area contributed by atoms with Gasteiger partial charge >= 0.3 is 0 Å². The molecule has 5 aromatic rings. The van der Waals surface area contributed by atoms with Crippen molar-refractivity contribution in [1.82, 2.24) is 9.55 Å². The topological polar surface area (TPSA) is 64.0 Å². The summed E-state index contributed by atoms with van der Waals surface area (Å²) >= 11 is 15.7. The summed E-state index contributed by atoms with van der Waals surface area (Å²) in [6, 6.07) is 14.2. The van der Waals surface area contributed by atoms with Crippen molar-refractivity contribution in [3.8, 4) is 0 Å². The first-order chi connectivity index (χ1) is 19.2. The zero-order valence-corrected chi connectivity index (χ0v) is 23.4. The van der Waals surface area contributed by atoms with Crippen molar-refractivity contribution in [2.45, 2.75) is 6.42 Å². The van der Waals surface area contributed by atoms with Crippen LogP contribution in [0.4, 0.5) is 18.9 Å². The average molecular weight is 647 g/mol. The minimum atomic E-state index is -1.10. The fourth-order valence-electron chi connectivity index (χ4n) is 4.31. The van der Waals surface area contributed by atoms with E-state index in [0.717, 1.165) is 16.8 Å². The normalized spacial score (nSPS) is 11.2. The first kappa shape index (κ1) is 27.9. The minimum absolute atomic E-state index is 0.0201. The number of hydrogen-bond acceptors (Lipinski definition) is 4. The zero-order chi connectivity index (χ0) is 28.6. The first-order valence-corrected chi connectivity index (χ1v) is 13.4. The molecule has 0 amide bonds. The molecule has 1 N–H and O–H groups in total. The third-order valence-electron chi connectivity index (χ3n) is 6.19. The van der Waals surface area contributed by atoms with Crippen LogP contribution in [-0.2, 0) is 6.42 Å². The molecule has 0 radical (unpaired) electrons. The molecule has 3 aromatic carbocycles. The Hall–Kier alpha value is -3.66. The van der Waals surface area contributed by atoms with Crippen molar-refractivity contribution >= 4 is 67.5 Å². The average Bonchev–Trinajstić information content (AvgIpc) is 3.28. The molecule has 2 heterocycles. The number of carbonyl (C=O) groups is 2. The molecule has 2 aromatic heterocycles. The van der Waals surface area contributed by atoms with Gasteiger partial charge in [0.25, 0.3) is 5.91 Å². The number of benzene rings is 3. The van der Waals surface area contributed by atoms with Gasteiger partial charge in [-0.05, 0) is 70.4 Å². The van der Waals surface area contributed by atoms with Gasteiger partial charge in [-0.15, -0.1) is 0 Å². The fraction of sp³-hybridized carbons (Fsp3) is 0.0690. The Morgan fingerprint density at radius 2 is 1.68 bits per heavy atom. The molecular weight excluding hydrogens is 630 g/mol. The van der Waals surface area contributed by atoms with Crippen molar-refractivity contribution < 1.29 is 22.8 Å². The predicted molar refractivity (Wildman–Crippen MR) is 152 cm³/mol. The van der Waals surface area contributed by atoms with Gasteiger partial charge in [0, 0.05) is 28.8 Å². The number of ketones is 1. The highest BCUT2D eigenvalue weighted by atomic mass is 79.9. The molecular formula is C29H17BrCl2F3N3O2. The van der Waals surface area contributed by atoms with Crippen molar-refractivity contribution in [1.29, 1.82) is 0 Å². The van der Waals surface area contributed by atoms with Crippen LogP contribution in [0.2, 0.25) is 10.0 Å². The minimum Gasteiger partial charge on any atom is -0.382 e. The molecule has 5 nitrogen and oxygen atoms in total. The number of nitrogens with zero attached hydrogens (tertiary/aromatic N) is 2. The number of carbonyl (C=O) groups excluding carboxylic acids is 2. The number of pyridine rings is 1. The van der Waals surface area contributed by atoms with Crippen molar-refractivity contribution in [3.63, 3.8) is 0 Å². The second-order valence-electron chi connectivity index (χ2n) is 8.76. The van der Waals surface area contributed by atoms with Crippen LogP contribution in [0.3, 0.4) is 0 Å². The Balaban J connectivity index is 1.53. The zero-order valence-electron chi connectivity index (χ0n) is 20.3. The molecule has 0 spiro atoms. The lowest BCUT2D eigenvalue weighted by Gasteiger charge is -2.11. The van der Waals surface area contributed by atoms with E-state index < -0.39 is 34.7 Å². The monoisotopic (exact) mass is 645 g/mol. The van der Waals surface area contributed by atoms with Gasteiger partial charge in [0.15, 0.2) is 5.82 Å². The molecule has 5 rings (SSSR count). The molecule has 40 heavy (non-hydrogen) atoms. The third kappa shape index (κ3) is 5.37. The summed E-state index contributed by atoms with van der Waals surface area (Å²) in [5.41, 5.74) is -0.345. The summed E-state index contributed by atoms with van der Waals surface area (Å²) in [6.45, 7) is 0.197. The molecule has 0 bridgehead atoms. The standard InChI is InChI=1S/C29H17BrCl2F3N3O2/c30-16-12-18-19(14-38(28(18)37-13-16)29(40)24-20(31)5-2-6-21(24)32)27(39)25-22(34)7-8-23(26(25)35)36-10-9-15-3-1-4-17(33)11-15/h1-8,11-14,36H,9-10H2. The Kier molecular flexibility index (Phi) is 7.98. The molecule has 202 valence electrons. The lowest BCUT2D eigenvalue weighted by molar-refractivity contribution is 0.0964. The van der Waals surface area contributed by atoms with Gasteiger partial charge in [-0.1, -0.05) is 41.4 Å². The molecule has 0 aliphatic carbocycles. The van der Waals surface area contributed by atoms with E-state index in [4.69, 9.17) is 23.2 Å². The van der Waals surface area contributed by atoms with Gasteiger partial charge in [-0.2, -0.15) is 0 Å².